The summed E-state index contributed by atoms with van der Waals surface area (Å²) < 4.78 is 1.99. The summed E-state index contributed by atoms with van der Waals surface area (Å²) in [6, 6.07) is 0. The molecule has 0 aliphatic heterocycles. The number of imidazole rings is 1. The third-order valence-electron chi connectivity index (χ3n) is 2.34. The Bertz CT molecular complexity index is 466. The molecule has 88 valence electrons. The Morgan fingerprint density at radius 2 is 2.50 bits per heavy atom. The zero-order valence-electron chi connectivity index (χ0n) is 8.98. The molecule has 0 radical (unpaired) electrons. The fourth-order valence-corrected chi connectivity index (χ4v) is 2.50. The topological polar surface area (TPSA) is 49.6 Å². The Labute approximate surface area is 103 Å². The van der Waals surface area contributed by atoms with Crippen molar-refractivity contribution in [3.05, 3.63) is 22.4 Å². The molecule has 0 aromatic carbocycles. The van der Waals surface area contributed by atoms with E-state index in [1.165, 1.54) is 0 Å². The van der Waals surface area contributed by atoms with Crippen molar-refractivity contribution in [2.45, 2.75) is 26.0 Å². The molecule has 0 saturated carbocycles. The number of nitrogens with zero attached hydrogens (tertiary/aromatic N) is 2. The van der Waals surface area contributed by atoms with E-state index in [0.717, 1.165) is 23.6 Å². The maximum absolute atomic E-state index is 9.12. The Hall–Kier alpha value is -0.620. The lowest BCUT2D eigenvalue weighted by atomic mass is 10.3. The molecule has 2 rings (SSSR count). The first-order valence-corrected chi connectivity index (χ1v) is 6.43. The van der Waals surface area contributed by atoms with Gasteiger partial charge in [0, 0.05) is 18.1 Å². The van der Waals surface area contributed by atoms with Gasteiger partial charge in [-0.15, -0.1) is 11.3 Å². The number of halogens is 1. The standard InChI is InChI=1S/C10H14ClN3OS/c1-7(15)2-3-12-6-8-9(11)13-10-14(8)4-5-16-10/h4-5,7,12,15H,2-3,6H2,1H3. The highest BCUT2D eigenvalue weighted by Crippen LogP contribution is 2.20. The maximum atomic E-state index is 9.12. The van der Waals surface area contributed by atoms with Crippen LogP contribution in [0, 0.1) is 0 Å². The molecule has 0 aliphatic rings. The van der Waals surface area contributed by atoms with Crippen LogP contribution in [-0.4, -0.2) is 27.1 Å². The Kier molecular flexibility index (Phi) is 3.81. The van der Waals surface area contributed by atoms with Crippen molar-refractivity contribution in [1.29, 1.82) is 0 Å². The summed E-state index contributed by atoms with van der Waals surface area (Å²) in [6.07, 6.45) is 2.43. The predicted octanol–water partition coefficient (Wildman–Crippen LogP) is 1.91. The van der Waals surface area contributed by atoms with Crippen LogP contribution in [0.15, 0.2) is 11.6 Å². The third-order valence-corrected chi connectivity index (χ3v) is 3.40. The highest BCUT2D eigenvalue weighted by Gasteiger charge is 2.10. The lowest BCUT2D eigenvalue weighted by molar-refractivity contribution is 0.183. The van der Waals surface area contributed by atoms with Crippen LogP contribution in [-0.2, 0) is 6.54 Å². The second-order valence-corrected chi connectivity index (χ2v) is 4.95. The first kappa shape index (κ1) is 11.9. The zero-order valence-corrected chi connectivity index (χ0v) is 10.6. The van der Waals surface area contributed by atoms with Gasteiger partial charge in [0.05, 0.1) is 11.8 Å². The second kappa shape index (κ2) is 5.14. The Morgan fingerprint density at radius 1 is 1.69 bits per heavy atom. The smallest absolute Gasteiger partial charge is 0.195 e. The van der Waals surface area contributed by atoms with Gasteiger partial charge in [-0.3, -0.25) is 4.40 Å². The molecule has 2 N–H and O–H groups in total. The van der Waals surface area contributed by atoms with Crippen LogP contribution in [0.25, 0.3) is 4.96 Å². The van der Waals surface area contributed by atoms with Crippen molar-refractivity contribution in [2.75, 3.05) is 6.54 Å². The van der Waals surface area contributed by atoms with Crippen LogP contribution in [0.1, 0.15) is 19.0 Å². The van der Waals surface area contributed by atoms with Gasteiger partial charge in [0.15, 0.2) is 10.1 Å². The number of rotatable bonds is 5. The number of aliphatic hydroxyl groups excluding tert-OH is 1. The van der Waals surface area contributed by atoms with Crippen LogP contribution >= 0.6 is 22.9 Å². The number of aromatic nitrogens is 2. The summed E-state index contributed by atoms with van der Waals surface area (Å²) >= 11 is 7.60. The Balaban J connectivity index is 1.98. The number of fused-ring (bicyclic) bond motifs is 1. The SMILES string of the molecule is CC(O)CCNCc1c(Cl)nc2sccn12. The molecule has 2 aromatic heterocycles. The molecule has 16 heavy (non-hydrogen) atoms. The molecule has 0 bridgehead atoms. The van der Waals surface area contributed by atoms with Gasteiger partial charge in [-0.05, 0) is 19.9 Å². The van der Waals surface area contributed by atoms with Gasteiger partial charge in [0.1, 0.15) is 0 Å². The molecular formula is C10H14ClN3OS. The van der Waals surface area contributed by atoms with Gasteiger partial charge in [-0.2, -0.15) is 0 Å². The number of hydrogen-bond donors (Lipinski definition) is 2. The fraction of sp³-hybridized carbons (Fsp3) is 0.500. The van der Waals surface area contributed by atoms with Gasteiger partial charge in [0.25, 0.3) is 0 Å². The molecule has 0 aliphatic carbocycles. The van der Waals surface area contributed by atoms with Crippen molar-refractivity contribution < 1.29 is 5.11 Å². The van der Waals surface area contributed by atoms with Crippen molar-refractivity contribution in [1.82, 2.24) is 14.7 Å². The lowest BCUT2D eigenvalue weighted by Gasteiger charge is -2.06. The van der Waals surface area contributed by atoms with Crippen molar-refractivity contribution in [2.24, 2.45) is 0 Å². The van der Waals surface area contributed by atoms with Crippen LogP contribution in [0.2, 0.25) is 5.15 Å². The van der Waals surface area contributed by atoms with E-state index in [2.05, 4.69) is 10.3 Å². The minimum atomic E-state index is -0.269. The minimum Gasteiger partial charge on any atom is -0.393 e. The maximum Gasteiger partial charge on any atom is 0.195 e. The van der Waals surface area contributed by atoms with Crippen LogP contribution in [0.5, 0.6) is 0 Å². The fourth-order valence-electron chi connectivity index (χ4n) is 1.48. The van der Waals surface area contributed by atoms with E-state index in [1.54, 1.807) is 18.3 Å². The van der Waals surface area contributed by atoms with E-state index in [0.29, 0.717) is 11.7 Å². The van der Waals surface area contributed by atoms with E-state index in [1.807, 2.05) is 16.0 Å². The highest BCUT2D eigenvalue weighted by molar-refractivity contribution is 7.15. The van der Waals surface area contributed by atoms with Crippen LogP contribution in [0.4, 0.5) is 0 Å². The van der Waals surface area contributed by atoms with Gasteiger partial charge < -0.3 is 10.4 Å². The molecule has 0 fully saturated rings. The van der Waals surface area contributed by atoms with E-state index in [4.69, 9.17) is 16.7 Å². The van der Waals surface area contributed by atoms with Crippen molar-refractivity contribution in [3.8, 4) is 0 Å². The molecule has 0 amide bonds. The van der Waals surface area contributed by atoms with E-state index in [9.17, 15) is 0 Å². The number of aliphatic hydroxyl groups is 1. The van der Waals surface area contributed by atoms with Crippen molar-refractivity contribution in [3.63, 3.8) is 0 Å². The number of hydrogen-bond acceptors (Lipinski definition) is 4. The highest BCUT2D eigenvalue weighted by atomic mass is 35.5. The summed E-state index contributed by atoms with van der Waals surface area (Å²) in [4.78, 5) is 5.16. The van der Waals surface area contributed by atoms with Crippen molar-refractivity contribution >= 4 is 27.9 Å². The first-order valence-electron chi connectivity index (χ1n) is 5.17. The molecular weight excluding hydrogens is 246 g/mol. The second-order valence-electron chi connectivity index (χ2n) is 3.72. The zero-order chi connectivity index (χ0) is 11.5. The summed E-state index contributed by atoms with van der Waals surface area (Å²) in [7, 11) is 0. The molecule has 6 heteroatoms. The van der Waals surface area contributed by atoms with E-state index >= 15 is 0 Å². The van der Waals surface area contributed by atoms with E-state index < -0.39 is 0 Å². The van der Waals surface area contributed by atoms with Crippen LogP contribution < -0.4 is 5.32 Å². The van der Waals surface area contributed by atoms with Gasteiger partial charge >= 0.3 is 0 Å². The predicted molar refractivity (Wildman–Crippen MR) is 66.1 cm³/mol. The normalized spacial score (nSPS) is 13.4. The molecule has 2 aromatic rings. The largest absolute Gasteiger partial charge is 0.393 e. The van der Waals surface area contributed by atoms with Crippen LogP contribution in [0.3, 0.4) is 0 Å². The summed E-state index contributed by atoms with van der Waals surface area (Å²) in [5, 5.41) is 14.9. The van der Waals surface area contributed by atoms with Gasteiger partial charge in [-0.25, -0.2) is 4.98 Å². The first-order chi connectivity index (χ1) is 7.68. The summed E-state index contributed by atoms with van der Waals surface area (Å²) in [6.45, 7) is 3.22. The number of nitrogens with one attached hydrogen (secondary N) is 1. The summed E-state index contributed by atoms with van der Waals surface area (Å²) in [5.74, 6) is 0. The minimum absolute atomic E-state index is 0.269. The average molecular weight is 260 g/mol. The molecule has 1 unspecified atom stereocenters. The molecule has 1 atom stereocenters. The van der Waals surface area contributed by atoms with Gasteiger partial charge in [0.2, 0.25) is 0 Å². The molecule has 0 saturated heterocycles. The number of thiazole rings is 1. The third kappa shape index (κ3) is 2.55. The quantitative estimate of drug-likeness (QED) is 0.807. The van der Waals surface area contributed by atoms with E-state index in [-0.39, 0.29) is 6.10 Å². The molecule has 0 spiro atoms. The van der Waals surface area contributed by atoms with Gasteiger partial charge in [-0.1, -0.05) is 11.6 Å². The summed E-state index contributed by atoms with van der Waals surface area (Å²) in [5.41, 5.74) is 0.975. The Morgan fingerprint density at radius 3 is 3.25 bits per heavy atom. The molecule has 2 heterocycles. The average Bonchev–Trinajstić information content (AvgIpc) is 2.74. The molecule has 4 nitrogen and oxygen atoms in total. The monoisotopic (exact) mass is 259 g/mol. The lowest BCUT2D eigenvalue weighted by Crippen LogP contribution is -2.19.